The molecule has 0 atom stereocenters. The third-order valence-electron chi connectivity index (χ3n) is 2.25. The molecular formula is C12H14N4O9. The third-order valence-corrected chi connectivity index (χ3v) is 2.25. The van der Waals surface area contributed by atoms with Crippen LogP contribution in [0.3, 0.4) is 0 Å². The molecule has 2 heterocycles. The zero-order valence-electron chi connectivity index (χ0n) is 12.7. The summed E-state index contributed by atoms with van der Waals surface area (Å²) in [6.45, 7) is 1.82. The van der Waals surface area contributed by atoms with Gasteiger partial charge in [-0.3, -0.25) is 19.6 Å². The number of rotatable bonds is 3. The standard InChI is InChI=1S/C7H8N2O4.C5H4N2O4.H2O/c1-2-13-6(11)4-3-5(10)9-7(12)8-4;8-3-1-2(4(9)10)6-5(11)7-3;/h3H,2H2,1H3,(H2,8,9,10,12);1H,(H,9,10)(H2,6,7,8,11);1H2. The number of hydrogen-bond acceptors (Lipinski definition) is 7. The van der Waals surface area contributed by atoms with Crippen molar-refractivity contribution in [3.8, 4) is 0 Å². The summed E-state index contributed by atoms with van der Waals surface area (Å²) in [5.41, 5.74) is -3.47. The third kappa shape index (κ3) is 6.91. The second kappa shape index (κ2) is 9.41. The lowest BCUT2D eigenvalue weighted by Gasteiger charge is -1.99. The molecule has 0 spiro atoms. The molecular weight excluding hydrogens is 344 g/mol. The molecule has 0 saturated carbocycles. The fraction of sp³-hybridized carbons (Fsp3) is 0.167. The van der Waals surface area contributed by atoms with E-state index in [1.807, 2.05) is 15.0 Å². The molecule has 0 aliphatic heterocycles. The highest BCUT2D eigenvalue weighted by Gasteiger charge is 2.07. The topological polar surface area (TPSA) is 227 Å². The van der Waals surface area contributed by atoms with Gasteiger partial charge in [-0.2, -0.15) is 0 Å². The van der Waals surface area contributed by atoms with Gasteiger partial charge in [0.1, 0.15) is 11.4 Å². The van der Waals surface area contributed by atoms with Crippen LogP contribution in [0.15, 0.2) is 31.3 Å². The number of aromatic nitrogens is 4. The van der Waals surface area contributed by atoms with E-state index in [0.717, 1.165) is 12.1 Å². The van der Waals surface area contributed by atoms with Gasteiger partial charge in [0.25, 0.3) is 11.1 Å². The summed E-state index contributed by atoms with van der Waals surface area (Å²) in [6, 6.07) is 1.77. The lowest BCUT2D eigenvalue weighted by molar-refractivity contribution is 0.0518. The van der Waals surface area contributed by atoms with Crippen LogP contribution in [0.2, 0.25) is 0 Å². The van der Waals surface area contributed by atoms with Gasteiger partial charge in [0.15, 0.2) is 0 Å². The van der Waals surface area contributed by atoms with Crippen molar-refractivity contribution < 1.29 is 24.9 Å². The molecule has 0 unspecified atom stereocenters. The maximum atomic E-state index is 11.0. The van der Waals surface area contributed by atoms with Gasteiger partial charge < -0.3 is 25.3 Å². The van der Waals surface area contributed by atoms with Gasteiger partial charge in [-0.15, -0.1) is 0 Å². The van der Waals surface area contributed by atoms with Crippen molar-refractivity contribution in [2.24, 2.45) is 0 Å². The predicted octanol–water partition coefficient (Wildman–Crippen LogP) is -2.82. The van der Waals surface area contributed by atoms with Crippen molar-refractivity contribution in [2.45, 2.75) is 6.92 Å². The van der Waals surface area contributed by atoms with Crippen LogP contribution in [-0.2, 0) is 4.74 Å². The monoisotopic (exact) mass is 358 g/mol. The second-order valence-corrected chi connectivity index (χ2v) is 4.03. The van der Waals surface area contributed by atoms with Crippen LogP contribution in [-0.4, -0.2) is 49.1 Å². The van der Waals surface area contributed by atoms with Crippen molar-refractivity contribution in [3.05, 3.63) is 65.2 Å². The molecule has 136 valence electrons. The first-order valence-corrected chi connectivity index (χ1v) is 6.30. The minimum Gasteiger partial charge on any atom is -0.477 e. The minimum absolute atomic E-state index is 0. The summed E-state index contributed by atoms with van der Waals surface area (Å²) in [5.74, 6) is -2.06. The molecule has 13 nitrogen and oxygen atoms in total. The lowest BCUT2D eigenvalue weighted by atomic mass is 10.4. The molecule has 2 aromatic rings. The van der Waals surface area contributed by atoms with E-state index in [4.69, 9.17) is 5.11 Å². The van der Waals surface area contributed by atoms with Crippen LogP contribution in [0.5, 0.6) is 0 Å². The molecule has 13 heteroatoms. The molecule has 0 aromatic carbocycles. The Bertz CT molecular complexity index is 909. The number of aromatic amines is 4. The van der Waals surface area contributed by atoms with Crippen LogP contribution in [0, 0.1) is 0 Å². The number of H-pyrrole nitrogens is 4. The average molecular weight is 358 g/mol. The smallest absolute Gasteiger partial charge is 0.355 e. The first-order valence-electron chi connectivity index (χ1n) is 6.30. The van der Waals surface area contributed by atoms with Crippen LogP contribution >= 0.6 is 0 Å². The van der Waals surface area contributed by atoms with Gasteiger partial charge in [0, 0.05) is 12.1 Å². The first kappa shape index (κ1) is 21.3. The van der Waals surface area contributed by atoms with E-state index in [1.165, 1.54) is 0 Å². The van der Waals surface area contributed by atoms with E-state index in [-0.39, 0.29) is 17.8 Å². The zero-order chi connectivity index (χ0) is 18.3. The highest BCUT2D eigenvalue weighted by Crippen LogP contribution is 1.89. The minimum atomic E-state index is -1.34. The average Bonchev–Trinajstić information content (AvgIpc) is 2.46. The Balaban J connectivity index is 0.000000449. The molecule has 0 fully saturated rings. The molecule has 0 aliphatic rings. The summed E-state index contributed by atoms with van der Waals surface area (Å²) < 4.78 is 4.58. The van der Waals surface area contributed by atoms with Crippen molar-refractivity contribution in [1.29, 1.82) is 0 Å². The van der Waals surface area contributed by atoms with Crippen molar-refractivity contribution in [3.63, 3.8) is 0 Å². The van der Waals surface area contributed by atoms with Crippen LogP contribution in [0.4, 0.5) is 0 Å². The predicted molar refractivity (Wildman–Crippen MR) is 81.9 cm³/mol. The molecule has 0 radical (unpaired) electrons. The Morgan fingerprint density at radius 2 is 1.36 bits per heavy atom. The van der Waals surface area contributed by atoms with Crippen molar-refractivity contribution in [2.75, 3.05) is 6.61 Å². The number of carboxylic acid groups (broad SMARTS) is 1. The molecule has 0 amide bonds. The SMILES string of the molecule is CCOC(=O)c1cc(=O)[nH]c(=O)[nH]1.O.O=C(O)c1cc(=O)[nH]c(=O)[nH]1. The van der Waals surface area contributed by atoms with Gasteiger partial charge in [0.2, 0.25) is 0 Å². The number of aromatic carboxylic acids is 1. The van der Waals surface area contributed by atoms with Gasteiger partial charge in [-0.05, 0) is 6.92 Å². The number of hydrogen-bond donors (Lipinski definition) is 5. The lowest BCUT2D eigenvalue weighted by Crippen LogP contribution is -2.25. The fourth-order valence-electron chi connectivity index (χ4n) is 1.37. The summed E-state index contributed by atoms with van der Waals surface area (Å²) in [6.07, 6.45) is 0. The Morgan fingerprint density at radius 3 is 1.76 bits per heavy atom. The zero-order valence-corrected chi connectivity index (χ0v) is 12.7. The number of carbonyl (C=O) groups excluding carboxylic acids is 1. The van der Waals surface area contributed by atoms with E-state index in [0.29, 0.717) is 0 Å². The van der Waals surface area contributed by atoms with Gasteiger partial charge in [0.05, 0.1) is 6.61 Å². The Morgan fingerprint density at radius 1 is 0.920 bits per heavy atom. The van der Waals surface area contributed by atoms with E-state index in [1.54, 1.807) is 6.92 Å². The molecule has 7 N–H and O–H groups in total. The largest absolute Gasteiger partial charge is 0.477 e. The first-order chi connectivity index (χ1) is 11.2. The molecule has 0 saturated heterocycles. The summed E-state index contributed by atoms with van der Waals surface area (Å²) >= 11 is 0. The number of carboxylic acids is 1. The Hall–Kier alpha value is -3.74. The Labute approximate surface area is 136 Å². The molecule has 25 heavy (non-hydrogen) atoms. The van der Waals surface area contributed by atoms with Gasteiger partial charge >= 0.3 is 23.3 Å². The van der Waals surface area contributed by atoms with Crippen LogP contribution in [0.25, 0.3) is 0 Å². The summed E-state index contributed by atoms with van der Waals surface area (Å²) in [5, 5.41) is 8.31. The molecule has 0 aliphatic carbocycles. The van der Waals surface area contributed by atoms with Crippen molar-refractivity contribution in [1.82, 2.24) is 19.9 Å². The number of nitrogens with one attached hydrogen (secondary N) is 4. The summed E-state index contributed by atoms with van der Waals surface area (Å²) in [4.78, 5) is 71.4. The highest BCUT2D eigenvalue weighted by atomic mass is 16.5. The highest BCUT2D eigenvalue weighted by molar-refractivity contribution is 5.86. The van der Waals surface area contributed by atoms with Crippen LogP contribution in [0.1, 0.15) is 27.9 Å². The number of carbonyl (C=O) groups is 2. The maximum absolute atomic E-state index is 11.0. The van der Waals surface area contributed by atoms with Gasteiger partial charge in [-0.25, -0.2) is 19.2 Å². The van der Waals surface area contributed by atoms with Crippen molar-refractivity contribution >= 4 is 11.9 Å². The van der Waals surface area contributed by atoms with E-state index >= 15 is 0 Å². The molecule has 2 aromatic heterocycles. The molecule has 0 bridgehead atoms. The number of esters is 1. The van der Waals surface area contributed by atoms with E-state index in [2.05, 4.69) is 9.72 Å². The Kier molecular flexibility index (Phi) is 8.00. The number of ether oxygens (including phenoxy) is 1. The summed E-state index contributed by atoms with van der Waals surface area (Å²) in [7, 11) is 0. The normalized spacial score (nSPS) is 9.16. The maximum Gasteiger partial charge on any atom is 0.355 e. The second-order valence-electron chi connectivity index (χ2n) is 4.03. The van der Waals surface area contributed by atoms with E-state index < -0.39 is 40.1 Å². The van der Waals surface area contributed by atoms with E-state index in [9.17, 15) is 28.8 Å². The fourth-order valence-corrected chi connectivity index (χ4v) is 1.37. The molecule has 2 rings (SSSR count). The van der Waals surface area contributed by atoms with Gasteiger partial charge in [-0.1, -0.05) is 0 Å². The van der Waals surface area contributed by atoms with Crippen LogP contribution < -0.4 is 22.5 Å². The quantitative estimate of drug-likeness (QED) is 0.358.